The molecular formula is C22H28F2N6O2. The lowest BCUT2D eigenvalue weighted by atomic mass is 10.0. The third-order valence-electron chi connectivity index (χ3n) is 5.93. The molecule has 2 aliphatic rings. The van der Waals surface area contributed by atoms with Crippen LogP contribution in [0.4, 0.5) is 30.9 Å². The number of rotatable bonds is 5. The molecule has 2 amide bonds. The van der Waals surface area contributed by atoms with E-state index in [9.17, 15) is 13.6 Å². The Morgan fingerprint density at radius 3 is 2.50 bits per heavy atom. The first-order valence-corrected chi connectivity index (χ1v) is 11.0. The molecule has 1 aromatic heterocycles. The highest BCUT2D eigenvalue weighted by molar-refractivity contribution is 5.89. The highest BCUT2D eigenvalue weighted by Gasteiger charge is 2.24. The van der Waals surface area contributed by atoms with E-state index in [1.807, 2.05) is 12.1 Å². The van der Waals surface area contributed by atoms with E-state index in [1.165, 1.54) is 31.4 Å². The van der Waals surface area contributed by atoms with Crippen molar-refractivity contribution in [2.24, 2.45) is 0 Å². The van der Waals surface area contributed by atoms with E-state index in [0.29, 0.717) is 37.9 Å². The third-order valence-corrected chi connectivity index (χ3v) is 5.93. The Morgan fingerprint density at radius 2 is 1.81 bits per heavy atom. The van der Waals surface area contributed by atoms with Gasteiger partial charge >= 0.3 is 12.6 Å². The van der Waals surface area contributed by atoms with Crippen molar-refractivity contribution < 1.29 is 18.3 Å². The van der Waals surface area contributed by atoms with Crippen molar-refractivity contribution in [1.29, 1.82) is 0 Å². The van der Waals surface area contributed by atoms with Crippen LogP contribution < -0.4 is 19.9 Å². The summed E-state index contributed by atoms with van der Waals surface area (Å²) < 4.78 is 29.1. The van der Waals surface area contributed by atoms with Gasteiger partial charge in [-0.25, -0.2) is 4.79 Å². The molecule has 3 heterocycles. The van der Waals surface area contributed by atoms with E-state index in [-0.39, 0.29) is 11.8 Å². The average molecular weight is 447 g/mol. The molecule has 2 fully saturated rings. The molecule has 1 atom stereocenters. The van der Waals surface area contributed by atoms with E-state index in [0.717, 1.165) is 18.2 Å². The molecule has 2 saturated heterocycles. The second-order valence-corrected chi connectivity index (χ2v) is 8.10. The lowest BCUT2D eigenvalue weighted by Gasteiger charge is -2.36. The van der Waals surface area contributed by atoms with Crippen LogP contribution in [-0.4, -0.2) is 66.5 Å². The van der Waals surface area contributed by atoms with Crippen LogP contribution in [0.1, 0.15) is 26.2 Å². The highest BCUT2D eigenvalue weighted by atomic mass is 19.3. The van der Waals surface area contributed by atoms with Gasteiger partial charge in [0.15, 0.2) is 11.6 Å². The molecule has 0 aliphatic carbocycles. The van der Waals surface area contributed by atoms with Crippen LogP contribution >= 0.6 is 0 Å². The van der Waals surface area contributed by atoms with Gasteiger partial charge in [0.1, 0.15) is 5.75 Å². The van der Waals surface area contributed by atoms with Gasteiger partial charge in [0, 0.05) is 50.5 Å². The summed E-state index contributed by atoms with van der Waals surface area (Å²) in [5, 5.41) is 11.6. The molecule has 0 radical (unpaired) electrons. The van der Waals surface area contributed by atoms with Gasteiger partial charge in [0.25, 0.3) is 0 Å². The van der Waals surface area contributed by atoms with Gasteiger partial charge in [0.05, 0.1) is 0 Å². The predicted molar refractivity (Wildman–Crippen MR) is 119 cm³/mol. The van der Waals surface area contributed by atoms with E-state index in [2.05, 4.69) is 37.0 Å². The zero-order chi connectivity index (χ0) is 22.5. The summed E-state index contributed by atoms with van der Waals surface area (Å²) in [4.78, 5) is 18.7. The second-order valence-electron chi connectivity index (χ2n) is 8.10. The SMILES string of the molecule is CC1CCCCN1c1ccc(N2CCN(C(=O)Nc3cccc(OC(F)F)c3)CC2)nn1. The monoisotopic (exact) mass is 446 g/mol. The van der Waals surface area contributed by atoms with Crippen molar-refractivity contribution in [2.45, 2.75) is 38.8 Å². The maximum atomic E-state index is 12.6. The molecule has 2 aromatic rings. The molecule has 32 heavy (non-hydrogen) atoms. The summed E-state index contributed by atoms with van der Waals surface area (Å²) >= 11 is 0. The number of ether oxygens (including phenoxy) is 1. The molecule has 0 spiro atoms. The maximum absolute atomic E-state index is 12.6. The van der Waals surface area contributed by atoms with Crippen LogP contribution in [0, 0.1) is 0 Å². The Morgan fingerprint density at radius 1 is 1.06 bits per heavy atom. The first-order chi connectivity index (χ1) is 15.5. The minimum absolute atomic E-state index is 0.00332. The molecule has 1 N–H and O–H groups in total. The van der Waals surface area contributed by atoms with Gasteiger partial charge in [-0.15, -0.1) is 10.2 Å². The van der Waals surface area contributed by atoms with Crippen LogP contribution in [0.5, 0.6) is 5.75 Å². The lowest BCUT2D eigenvalue weighted by Crippen LogP contribution is -2.50. The number of hydrogen-bond donors (Lipinski definition) is 1. The summed E-state index contributed by atoms with van der Waals surface area (Å²) in [6, 6.07) is 10.2. The Bertz CT molecular complexity index is 906. The van der Waals surface area contributed by atoms with E-state index in [1.54, 1.807) is 17.0 Å². The highest BCUT2D eigenvalue weighted by Crippen LogP contribution is 2.24. The van der Waals surface area contributed by atoms with Crippen molar-refractivity contribution >= 4 is 23.4 Å². The standard InChI is InChI=1S/C22H28F2N6O2/c1-16-5-2-3-10-30(16)20-9-8-19(26-27-20)28-11-13-29(14-12-28)22(31)25-17-6-4-7-18(15-17)32-21(23)24/h4,6-9,15-16,21H,2-3,5,10-14H2,1H3,(H,25,31). The Labute approximate surface area is 186 Å². The van der Waals surface area contributed by atoms with Crippen molar-refractivity contribution in [3.63, 3.8) is 0 Å². The Kier molecular flexibility index (Phi) is 6.87. The predicted octanol–water partition coefficient (Wildman–Crippen LogP) is 3.81. The van der Waals surface area contributed by atoms with Gasteiger partial charge < -0.3 is 24.8 Å². The van der Waals surface area contributed by atoms with Gasteiger partial charge in [-0.05, 0) is 50.5 Å². The number of anilines is 3. The Balaban J connectivity index is 1.29. The van der Waals surface area contributed by atoms with E-state index < -0.39 is 6.61 Å². The number of benzene rings is 1. The summed E-state index contributed by atoms with van der Waals surface area (Å²) in [6.45, 7) is 2.64. The lowest BCUT2D eigenvalue weighted by molar-refractivity contribution is -0.0498. The van der Waals surface area contributed by atoms with Gasteiger partial charge in [-0.3, -0.25) is 0 Å². The van der Waals surface area contributed by atoms with Crippen LogP contribution in [0.15, 0.2) is 36.4 Å². The van der Waals surface area contributed by atoms with Crippen molar-refractivity contribution in [1.82, 2.24) is 15.1 Å². The molecule has 1 aromatic carbocycles. The largest absolute Gasteiger partial charge is 0.435 e. The molecule has 4 rings (SSSR count). The van der Waals surface area contributed by atoms with Crippen LogP contribution in [0.25, 0.3) is 0 Å². The van der Waals surface area contributed by atoms with Crippen molar-refractivity contribution in [3.05, 3.63) is 36.4 Å². The number of halogens is 2. The molecule has 1 unspecified atom stereocenters. The van der Waals surface area contributed by atoms with Crippen LogP contribution in [0.3, 0.4) is 0 Å². The summed E-state index contributed by atoms with van der Waals surface area (Å²) in [6.07, 6.45) is 3.62. The number of piperazine rings is 1. The second kappa shape index (κ2) is 9.97. The van der Waals surface area contributed by atoms with E-state index >= 15 is 0 Å². The Hall–Kier alpha value is -3.17. The summed E-state index contributed by atoms with van der Waals surface area (Å²) in [5.41, 5.74) is 0.406. The first-order valence-electron chi connectivity index (χ1n) is 11.0. The number of nitrogens with one attached hydrogen (secondary N) is 1. The number of nitrogens with zero attached hydrogens (tertiary/aromatic N) is 5. The molecule has 8 nitrogen and oxygen atoms in total. The number of alkyl halides is 2. The van der Waals surface area contributed by atoms with Crippen molar-refractivity contribution in [3.8, 4) is 5.75 Å². The average Bonchev–Trinajstić information content (AvgIpc) is 2.79. The molecular weight excluding hydrogens is 418 g/mol. The smallest absolute Gasteiger partial charge is 0.387 e. The normalized spacial score (nSPS) is 19.2. The quantitative estimate of drug-likeness (QED) is 0.753. The third kappa shape index (κ3) is 5.35. The van der Waals surface area contributed by atoms with Crippen molar-refractivity contribution in [2.75, 3.05) is 47.8 Å². The van der Waals surface area contributed by atoms with Gasteiger partial charge in [-0.1, -0.05) is 6.07 Å². The number of carbonyl (C=O) groups is 1. The van der Waals surface area contributed by atoms with Gasteiger partial charge in [-0.2, -0.15) is 8.78 Å². The zero-order valence-electron chi connectivity index (χ0n) is 18.1. The number of piperidine rings is 1. The zero-order valence-corrected chi connectivity index (χ0v) is 18.1. The molecule has 0 bridgehead atoms. The number of amides is 2. The number of aromatic nitrogens is 2. The number of hydrogen-bond acceptors (Lipinski definition) is 6. The molecule has 172 valence electrons. The minimum atomic E-state index is -2.91. The van der Waals surface area contributed by atoms with E-state index in [4.69, 9.17) is 0 Å². The molecule has 0 saturated carbocycles. The van der Waals surface area contributed by atoms with Crippen LogP contribution in [0.2, 0.25) is 0 Å². The maximum Gasteiger partial charge on any atom is 0.387 e. The van der Waals surface area contributed by atoms with Gasteiger partial charge in [0.2, 0.25) is 0 Å². The molecule has 2 aliphatic heterocycles. The fraction of sp³-hybridized carbons (Fsp3) is 0.500. The van der Waals surface area contributed by atoms with Crippen LogP contribution in [-0.2, 0) is 0 Å². The fourth-order valence-corrected chi connectivity index (χ4v) is 4.17. The number of carbonyl (C=O) groups excluding carboxylic acids is 1. The first kappa shape index (κ1) is 22.0. The fourth-order valence-electron chi connectivity index (χ4n) is 4.17. The topological polar surface area (TPSA) is 73.8 Å². The number of urea groups is 1. The summed E-state index contributed by atoms with van der Waals surface area (Å²) in [5.74, 6) is 1.72. The minimum Gasteiger partial charge on any atom is -0.435 e. The summed E-state index contributed by atoms with van der Waals surface area (Å²) in [7, 11) is 0. The molecule has 10 heteroatoms.